The highest BCUT2D eigenvalue weighted by Crippen LogP contribution is 2.25. The second kappa shape index (κ2) is 30.6. The van der Waals surface area contributed by atoms with Crippen molar-refractivity contribution in [3.05, 3.63) is 0 Å². The van der Waals surface area contributed by atoms with E-state index in [4.69, 9.17) is 5.73 Å². The fourth-order valence-electron chi connectivity index (χ4n) is 9.73. The number of amides is 12. The maximum atomic E-state index is 14.5. The summed E-state index contributed by atoms with van der Waals surface area (Å²) in [6, 6.07) is -8.65. The molecule has 0 aliphatic carbocycles. The van der Waals surface area contributed by atoms with Crippen molar-refractivity contribution in [2.24, 2.45) is 35.3 Å². The lowest BCUT2D eigenvalue weighted by molar-refractivity contribution is -0.146. The van der Waals surface area contributed by atoms with Gasteiger partial charge in [0.2, 0.25) is 70.9 Å². The predicted octanol–water partition coefficient (Wildman–Crippen LogP) is -0.101. The molecule has 0 aromatic rings. The maximum Gasteiger partial charge on any atom is 0.248 e. The average molecular weight is 1150 g/mol. The Morgan fingerprint density at radius 3 is 1.36 bits per heavy atom. The van der Waals surface area contributed by atoms with E-state index in [1.807, 2.05) is 41.5 Å². The number of nitrogens with one attached hydrogen (secondary N) is 9. The van der Waals surface area contributed by atoms with Crippen molar-refractivity contribution in [3.63, 3.8) is 0 Å². The highest BCUT2D eigenvalue weighted by Gasteiger charge is 2.45. The van der Waals surface area contributed by atoms with Gasteiger partial charge in [-0.1, -0.05) is 69.2 Å². The third-order valence-electron chi connectivity index (χ3n) is 14.3. The third kappa shape index (κ3) is 21.5. The van der Waals surface area contributed by atoms with E-state index in [-0.39, 0.29) is 69.1 Å². The third-order valence-corrected chi connectivity index (χ3v) is 14.3. The number of primary amides is 1. The number of nitrogens with zero attached hydrogens (tertiary/aromatic N) is 2. The molecule has 0 aromatic carbocycles. The Kier molecular flexibility index (Phi) is 26.7. The van der Waals surface area contributed by atoms with Gasteiger partial charge < -0.3 is 68.5 Å². The summed E-state index contributed by atoms with van der Waals surface area (Å²) < 4.78 is 0. The van der Waals surface area contributed by atoms with Crippen LogP contribution in [0.3, 0.4) is 0 Å². The van der Waals surface area contributed by atoms with Gasteiger partial charge in [0.15, 0.2) is 0 Å². The monoisotopic (exact) mass is 1150 g/mol. The summed E-state index contributed by atoms with van der Waals surface area (Å²) in [4.78, 5) is 166. The Balaban J connectivity index is 2.29. The predicted molar refractivity (Wildman–Crippen MR) is 302 cm³/mol. The van der Waals surface area contributed by atoms with Crippen molar-refractivity contribution in [2.45, 2.75) is 234 Å². The number of carbonyl (C=O) groups is 12. The number of aliphatic hydroxyl groups is 1. The van der Waals surface area contributed by atoms with Crippen LogP contribution in [0.1, 0.15) is 169 Å². The Morgan fingerprint density at radius 2 is 0.914 bits per heavy atom. The molecular weight excluding hydrogens is 1050 g/mol. The molecule has 2 saturated heterocycles. The zero-order valence-electron chi connectivity index (χ0n) is 51.1. The minimum atomic E-state index is -1.66. The fourth-order valence-corrected chi connectivity index (χ4v) is 9.73. The number of likely N-dealkylation sites (tertiary alicyclic amines) is 2. The Bertz CT molecular complexity index is 2280. The molecule has 8 atom stereocenters. The van der Waals surface area contributed by atoms with E-state index >= 15 is 0 Å². The highest BCUT2D eigenvalue weighted by molar-refractivity contribution is 6.01. The molecule has 2 aliphatic rings. The minimum Gasteiger partial charge on any atom is -0.394 e. The van der Waals surface area contributed by atoms with Crippen LogP contribution in [-0.4, -0.2) is 170 Å². The molecule has 2 heterocycles. The highest BCUT2D eigenvalue weighted by atomic mass is 16.3. The van der Waals surface area contributed by atoms with Gasteiger partial charge in [0.1, 0.15) is 58.9 Å². The first kappa shape index (κ1) is 70.7. The molecule has 460 valence electrons. The largest absolute Gasteiger partial charge is 0.394 e. The molecule has 2 aliphatic heterocycles. The first-order chi connectivity index (χ1) is 37.3. The number of aliphatic hydroxyl groups excluding tert-OH is 1. The molecular formula is C56H98N12O13. The lowest BCUT2D eigenvalue weighted by Gasteiger charge is -2.35. The number of hydrogen-bond acceptors (Lipinski definition) is 13. The molecule has 0 saturated carbocycles. The summed E-state index contributed by atoms with van der Waals surface area (Å²) in [5.41, 5.74) is 0.658. The van der Waals surface area contributed by atoms with Crippen LogP contribution >= 0.6 is 0 Å². The zero-order valence-corrected chi connectivity index (χ0v) is 51.1. The molecule has 25 nitrogen and oxygen atoms in total. The molecule has 2 rings (SSSR count). The SMILES string of the molecule is CC(=O)NC(C)(C)C(=O)N[C@@H](CC(N)=O)C(=O)N[C@@H](CC(C)C)C(=O)N[C@@H](CC(C)C)C(=O)NC(C)(C)C(=O)N1CCC[C@H]1C(=O)N[C@@H](CC(C)C)C(=O)NC(C)(C)C(=O)N[C@H](C(=O)N1CCC[C@H]1C(=O)N[C@H](CO)C(C)C)C(C)C. The van der Waals surface area contributed by atoms with E-state index in [0.717, 1.165) is 0 Å². The van der Waals surface area contributed by atoms with Gasteiger partial charge in [-0.2, -0.15) is 0 Å². The van der Waals surface area contributed by atoms with E-state index in [1.165, 1.54) is 58.3 Å². The smallest absolute Gasteiger partial charge is 0.248 e. The molecule has 0 bridgehead atoms. The standard InChI is InChI=1S/C56H98N12O13/c1-29(2)24-35(58-45(73)38(27-42(57)71)62-51(79)54(12,13)64-34(11)70)44(72)59-36(25-30(3)4)47(75)66-56(16,17)53(81)68-23-19-21-41(68)49(77)60-37(26-31(5)6)46(74)65-55(14,15)52(80)63-43(33(9)10)50(78)67-22-18-20-40(67)48(76)61-39(28-69)32(7)8/h29-33,35-41,43,69H,18-28H2,1-17H3,(H2,57,71)(H,58,73)(H,59,72)(H,60,77)(H,61,76)(H,62,79)(H,63,80)(H,64,70)(H,65,74)(H,66,75)/t35-,36-,37-,38-,39+,40-,41-,43-/m0/s1. The van der Waals surface area contributed by atoms with E-state index < -0.39 is 148 Å². The summed E-state index contributed by atoms with van der Waals surface area (Å²) in [6.45, 7) is 28.1. The second-order valence-corrected chi connectivity index (χ2v) is 25.4. The summed E-state index contributed by atoms with van der Waals surface area (Å²) in [5.74, 6) is -9.17. The maximum absolute atomic E-state index is 14.5. The van der Waals surface area contributed by atoms with Gasteiger partial charge in [0.05, 0.1) is 19.1 Å². The quantitative estimate of drug-likeness (QED) is 0.0448. The molecule has 12 N–H and O–H groups in total. The van der Waals surface area contributed by atoms with E-state index in [9.17, 15) is 62.6 Å². The van der Waals surface area contributed by atoms with Gasteiger partial charge in [-0.15, -0.1) is 0 Å². The van der Waals surface area contributed by atoms with E-state index in [0.29, 0.717) is 19.3 Å². The summed E-state index contributed by atoms with van der Waals surface area (Å²) in [7, 11) is 0. The molecule has 12 amide bonds. The number of hydrogen-bond donors (Lipinski definition) is 11. The van der Waals surface area contributed by atoms with Crippen molar-refractivity contribution in [1.82, 2.24) is 57.7 Å². The van der Waals surface area contributed by atoms with Crippen molar-refractivity contribution in [1.29, 1.82) is 0 Å². The summed E-state index contributed by atoms with van der Waals surface area (Å²) in [6.07, 6.45) is 1.26. The van der Waals surface area contributed by atoms with E-state index in [2.05, 4.69) is 47.9 Å². The van der Waals surface area contributed by atoms with Crippen LogP contribution in [0.4, 0.5) is 0 Å². The Labute approximate surface area is 478 Å². The van der Waals surface area contributed by atoms with Crippen LogP contribution in [-0.2, 0) is 57.5 Å². The van der Waals surface area contributed by atoms with Gasteiger partial charge in [-0.05, 0) is 116 Å². The van der Waals surface area contributed by atoms with Crippen LogP contribution in [0.5, 0.6) is 0 Å². The number of rotatable bonds is 30. The van der Waals surface area contributed by atoms with Gasteiger partial charge in [-0.3, -0.25) is 57.5 Å². The first-order valence-electron chi connectivity index (χ1n) is 28.5. The minimum absolute atomic E-state index is 0.0523. The summed E-state index contributed by atoms with van der Waals surface area (Å²) >= 11 is 0. The number of carbonyl (C=O) groups excluding carboxylic acids is 12. The normalized spacial score (nSPS) is 18.1. The van der Waals surface area contributed by atoms with Crippen molar-refractivity contribution >= 4 is 70.9 Å². The van der Waals surface area contributed by atoms with Crippen molar-refractivity contribution < 1.29 is 62.6 Å². The molecule has 81 heavy (non-hydrogen) atoms. The fraction of sp³-hybridized carbons (Fsp3) is 0.786. The van der Waals surface area contributed by atoms with Gasteiger partial charge in [0, 0.05) is 20.0 Å². The number of nitrogens with two attached hydrogens (primary N) is 1. The first-order valence-corrected chi connectivity index (χ1v) is 28.5. The van der Waals surface area contributed by atoms with Gasteiger partial charge in [0.25, 0.3) is 0 Å². The molecule has 0 radical (unpaired) electrons. The molecule has 25 heteroatoms. The lowest BCUT2D eigenvalue weighted by Crippen LogP contribution is -2.64. The van der Waals surface area contributed by atoms with Gasteiger partial charge in [-0.25, -0.2) is 0 Å². The van der Waals surface area contributed by atoms with Crippen molar-refractivity contribution in [3.8, 4) is 0 Å². The second-order valence-electron chi connectivity index (χ2n) is 25.4. The molecule has 0 unspecified atom stereocenters. The Morgan fingerprint density at radius 1 is 0.506 bits per heavy atom. The Hall–Kier alpha value is -6.40. The molecule has 0 aromatic heterocycles. The zero-order chi connectivity index (χ0) is 62.2. The van der Waals surface area contributed by atoms with Crippen LogP contribution in [0, 0.1) is 29.6 Å². The topological polar surface area (TPSA) is 366 Å². The van der Waals surface area contributed by atoms with Crippen molar-refractivity contribution in [2.75, 3.05) is 19.7 Å². The average Bonchev–Trinajstić information content (AvgIpc) is 4.17. The van der Waals surface area contributed by atoms with E-state index in [1.54, 1.807) is 27.7 Å². The van der Waals surface area contributed by atoms with Crippen LogP contribution < -0.4 is 53.6 Å². The van der Waals surface area contributed by atoms with Crippen LogP contribution in [0.15, 0.2) is 0 Å². The van der Waals surface area contributed by atoms with Crippen LogP contribution in [0.2, 0.25) is 0 Å². The van der Waals surface area contributed by atoms with Gasteiger partial charge >= 0.3 is 0 Å². The molecule has 2 fully saturated rings. The lowest BCUT2D eigenvalue weighted by atomic mass is 9.96. The molecule has 0 spiro atoms. The van der Waals surface area contributed by atoms with Crippen LogP contribution in [0.25, 0.3) is 0 Å². The summed E-state index contributed by atoms with van der Waals surface area (Å²) in [5, 5.41) is 33.9.